The van der Waals surface area contributed by atoms with Gasteiger partial charge in [-0.2, -0.15) is 5.26 Å². The first-order valence-electron chi connectivity index (χ1n) is 6.11. The van der Waals surface area contributed by atoms with E-state index in [4.69, 9.17) is 5.26 Å². The van der Waals surface area contributed by atoms with E-state index in [1.807, 2.05) is 14.0 Å². The molecule has 0 saturated heterocycles. The van der Waals surface area contributed by atoms with Crippen LogP contribution in [0.3, 0.4) is 0 Å². The second-order valence-corrected chi connectivity index (χ2v) is 4.49. The Morgan fingerprint density at radius 2 is 2.00 bits per heavy atom. The van der Waals surface area contributed by atoms with Crippen molar-refractivity contribution in [1.82, 2.24) is 4.57 Å². The van der Waals surface area contributed by atoms with Crippen molar-refractivity contribution in [3.05, 3.63) is 58.9 Å². The number of phenolic OH excluding ortho intramolecular Hbond substituents is 1. The number of ketones is 1. The van der Waals surface area contributed by atoms with Crippen molar-refractivity contribution in [1.29, 1.82) is 5.26 Å². The van der Waals surface area contributed by atoms with Gasteiger partial charge in [-0.05, 0) is 55.0 Å². The third-order valence-corrected chi connectivity index (χ3v) is 3.26. The minimum absolute atomic E-state index is 0.128. The van der Waals surface area contributed by atoms with E-state index >= 15 is 0 Å². The number of nitrogens with zero attached hydrogens (tertiary/aromatic N) is 2. The molecular weight excluding hydrogens is 252 g/mol. The summed E-state index contributed by atoms with van der Waals surface area (Å²) < 4.78 is 1.78. The maximum Gasteiger partial charge on any atom is 0.185 e. The minimum atomic E-state index is -0.147. The molecule has 0 radical (unpaired) electrons. The number of aromatic nitrogens is 1. The van der Waals surface area contributed by atoms with Crippen LogP contribution in [0.4, 0.5) is 0 Å². The molecule has 0 fully saturated rings. The number of benzene rings is 1. The Balaban J connectivity index is 2.24. The van der Waals surface area contributed by atoms with Gasteiger partial charge in [-0.25, -0.2) is 0 Å². The fourth-order valence-corrected chi connectivity index (χ4v) is 1.89. The summed E-state index contributed by atoms with van der Waals surface area (Å²) in [4.78, 5) is 12.0. The number of phenols is 1. The van der Waals surface area contributed by atoms with Crippen LogP contribution < -0.4 is 0 Å². The zero-order valence-corrected chi connectivity index (χ0v) is 11.3. The number of hydrogen-bond acceptors (Lipinski definition) is 3. The molecule has 0 amide bonds. The van der Waals surface area contributed by atoms with E-state index in [0.29, 0.717) is 11.3 Å². The second kappa shape index (κ2) is 5.45. The van der Waals surface area contributed by atoms with E-state index in [2.05, 4.69) is 6.07 Å². The van der Waals surface area contributed by atoms with E-state index in [0.717, 1.165) is 11.3 Å². The average molecular weight is 266 g/mol. The number of rotatable bonds is 3. The van der Waals surface area contributed by atoms with E-state index in [-0.39, 0.29) is 11.5 Å². The Labute approximate surface area is 117 Å². The van der Waals surface area contributed by atoms with Gasteiger partial charge in [-0.15, -0.1) is 0 Å². The number of hydrogen-bond donors (Lipinski definition) is 1. The highest BCUT2D eigenvalue weighted by atomic mass is 16.3. The first-order valence-corrected chi connectivity index (χ1v) is 6.11. The average Bonchev–Trinajstić information content (AvgIpc) is 2.73. The molecule has 4 heteroatoms. The molecule has 0 aliphatic rings. The van der Waals surface area contributed by atoms with Gasteiger partial charge < -0.3 is 9.67 Å². The van der Waals surface area contributed by atoms with Gasteiger partial charge in [-0.1, -0.05) is 0 Å². The van der Waals surface area contributed by atoms with Crippen molar-refractivity contribution in [3.63, 3.8) is 0 Å². The van der Waals surface area contributed by atoms with Crippen molar-refractivity contribution >= 4 is 11.9 Å². The monoisotopic (exact) mass is 266 g/mol. The zero-order chi connectivity index (χ0) is 14.7. The highest BCUT2D eigenvalue weighted by molar-refractivity contribution is 6.06. The molecule has 1 N–H and O–H groups in total. The normalized spacial score (nSPS) is 10.7. The largest absolute Gasteiger partial charge is 0.508 e. The van der Waals surface area contributed by atoms with Crippen molar-refractivity contribution in [2.45, 2.75) is 6.92 Å². The van der Waals surface area contributed by atoms with Gasteiger partial charge in [0.25, 0.3) is 0 Å². The molecule has 2 aromatic rings. The first-order chi connectivity index (χ1) is 9.52. The van der Waals surface area contributed by atoms with Crippen LogP contribution in [0.15, 0.2) is 36.4 Å². The summed E-state index contributed by atoms with van der Waals surface area (Å²) in [7, 11) is 1.81. The molecule has 1 aromatic carbocycles. The molecule has 2 rings (SSSR count). The standard InChI is InChI=1S/C16H14N2O2/c1-11-13(9-14(10-17)18(11)2)5-8-16(20)12-3-6-15(19)7-4-12/h3-9,19H,1-2H3/b8-5+. The van der Waals surface area contributed by atoms with Crippen LogP contribution in [0, 0.1) is 18.3 Å². The SMILES string of the molecule is Cc1c(/C=C/C(=O)c2ccc(O)cc2)cc(C#N)n1C. The summed E-state index contributed by atoms with van der Waals surface area (Å²) in [6.07, 6.45) is 3.17. The fraction of sp³-hybridized carbons (Fsp3) is 0.125. The quantitative estimate of drug-likeness (QED) is 0.686. The first kappa shape index (κ1) is 13.6. The lowest BCUT2D eigenvalue weighted by Crippen LogP contribution is -1.94. The minimum Gasteiger partial charge on any atom is -0.508 e. The summed E-state index contributed by atoms with van der Waals surface area (Å²) in [5, 5.41) is 18.1. The second-order valence-electron chi connectivity index (χ2n) is 4.49. The fourth-order valence-electron chi connectivity index (χ4n) is 1.89. The molecule has 0 saturated carbocycles. The molecule has 1 aromatic heterocycles. The van der Waals surface area contributed by atoms with E-state index in [1.54, 1.807) is 28.8 Å². The summed E-state index contributed by atoms with van der Waals surface area (Å²) in [6.45, 7) is 1.89. The molecule has 0 spiro atoms. The van der Waals surface area contributed by atoms with Gasteiger partial charge in [-0.3, -0.25) is 4.79 Å². The Morgan fingerprint density at radius 1 is 1.35 bits per heavy atom. The summed E-state index contributed by atoms with van der Waals surface area (Å²) in [6, 6.07) is 9.93. The summed E-state index contributed by atoms with van der Waals surface area (Å²) in [5.74, 6) is -0.0187. The Hall–Kier alpha value is -2.80. The third-order valence-electron chi connectivity index (χ3n) is 3.26. The molecule has 0 unspecified atom stereocenters. The lowest BCUT2D eigenvalue weighted by molar-refractivity contribution is 0.104. The summed E-state index contributed by atoms with van der Waals surface area (Å²) in [5.41, 5.74) is 2.83. The van der Waals surface area contributed by atoms with Crippen LogP contribution >= 0.6 is 0 Å². The van der Waals surface area contributed by atoms with Gasteiger partial charge in [0.1, 0.15) is 17.5 Å². The van der Waals surface area contributed by atoms with E-state index in [1.165, 1.54) is 18.2 Å². The maximum absolute atomic E-state index is 12.0. The van der Waals surface area contributed by atoms with Gasteiger partial charge in [0.05, 0.1) is 0 Å². The molecule has 0 aliphatic heterocycles. The van der Waals surface area contributed by atoms with Crippen molar-refractivity contribution in [3.8, 4) is 11.8 Å². The Bertz CT molecular complexity index is 716. The van der Waals surface area contributed by atoms with E-state index < -0.39 is 0 Å². The molecule has 100 valence electrons. The molecule has 20 heavy (non-hydrogen) atoms. The number of aromatic hydroxyl groups is 1. The van der Waals surface area contributed by atoms with Crippen LogP contribution in [-0.4, -0.2) is 15.5 Å². The topological polar surface area (TPSA) is 66.0 Å². The zero-order valence-electron chi connectivity index (χ0n) is 11.3. The van der Waals surface area contributed by atoms with Gasteiger partial charge in [0.15, 0.2) is 5.78 Å². The van der Waals surface area contributed by atoms with Crippen molar-refractivity contribution in [2.75, 3.05) is 0 Å². The van der Waals surface area contributed by atoms with Crippen molar-refractivity contribution < 1.29 is 9.90 Å². The maximum atomic E-state index is 12.0. The lowest BCUT2D eigenvalue weighted by atomic mass is 10.1. The van der Waals surface area contributed by atoms with Gasteiger partial charge in [0, 0.05) is 18.3 Å². The number of carbonyl (C=O) groups is 1. The highest BCUT2D eigenvalue weighted by Crippen LogP contribution is 2.16. The van der Waals surface area contributed by atoms with Crippen LogP contribution in [0.2, 0.25) is 0 Å². The lowest BCUT2D eigenvalue weighted by Gasteiger charge is -1.98. The van der Waals surface area contributed by atoms with Crippen LogP contribution in [-0.2, 0) is 7.05 Å². The summed E-state index contributed by atoms with van der Waals surface area (Å²) >= 11 is 0. The third kappa shape index (κ3) is 2.62. The van der Waals surface area contributed by atoms with Crippen LogP contribution in [0.1, 0.15) is 27.3 Å². The molecule has 0 bridgehead atoms. The molecular formula is C16H14N2O2. The number of carbonyl (C=O) groups excluding carboxylic acids is 1. The van der Waals surface area contributed by atoms with Crippen LogP contribution in [0.25, 0.3) is 6.08 Å². The van der Waals surface area contributed by atoms with Gasteiger partial charge in [0.2, 0.25) is 0 Å². The highest BCUT2D eigenvalue weighted by Gasteiger charge is 2.07. The molecule has 4 nitrogen and oxygen atoms in total. The molecule has 0 atom stereocenters. The van der Waals surface area contributed by atoms with E-state index in [9.17, 15) is 9.90 Å². The van der Waals surface area contributed by atoms with Crippen molar-refractivity contribution in [2.24, 2.45) is 7.05 Å². The molecule has 0 aliphatic carbocycles. The smallest absolute Gasteiger partial charge is 0.185 e. The number of allylic oxidation sites excluding steroid dienone is 1. The Morgan fingerprint density at radius 3 is 2.55 bits per heavy atom. The van der Waals surface area contributed by atoms with Crippen LogP contribution in [0.5, 0.6) is 5.75 Å². The Kier molecular flexibility index (Phi) is 3.72. The molecule has 1 heterocycles. The van der Waals surface area contributed by atoms with Gasteiger partial charge >= 0.3 is 0 Å². The predicted octanol–water partition coefficient (Wildman–Crippen LogP) is 2.81. The predicted molar refractivity (Wildman–Crippen MR) is 76.3 cm³/mol. The number of nitriles is 1.